The van der Waals surface area contributed by atoms with Gasteiger partial charge >= 0.3 is 5.97 Å². The molecule has 0 saturated carbocycles. The lowest BCUT2D eigenvalue weighted by Crippen LogP contribution is -2.45. The first-order chi connectivity index (χ1) is 9.74. The van der Waals surface area contributed by atoms with E-state index in [4.69, 9.17) is 9.66 Å². The Morgan fingerprint density at radius 3 is 2.43 bits per heavy atom. The molecule has 1 aromatic carbocycles. The minimum absolute atomic E-state index is 0.293. The Morgan fingerprint density at radius 2 is 1.90 bits per heavy atom. The van der Waals surface area contributed by atoms with Gasteiger partial charge in [0, 0.05) is 5.56 Å². The molecule has 1 unspecified atom stereocenters. The van der Waals surface area contributed by atoms with E-state index >= 15 is 0 Å². The molecule has 0 saturated heterocycles. The van der Waals surface area contributed by atoms with Gasteiger partial charge in [-0.15, -0.1) is 0 Å². The molecule has 0 aromatic heterocycles. The molecule has 1 amide bonds. The zero-order chi connectivity index (χ0) is 16.0. The van der Waals surface area contributed by atoms with Crippen molar-refractivity contribution in [1.82, 2.24) is 5.32 Å². The lowest BCUT2D eigenvalue weighted by Gasteiger charge is -2.14. The van der Waals surface area contributed by atoms with Crippen LogP contribution in [-0.2, 0) is 21.3 Å². The number of rotatable bonds is 7. The molecule has 1 atom stereocenters. The summed E-state index contributed by atoms with van der Waals surface area (Å²) in [7, 11) is -4.51. The molecule has 0 radical (unpaired) electrons. The molecule has 116 valence electrons. The number of amides is 1. The van der Waals surface area contributed by atoms with Crippen LogP contribution in [0, 0.1) is 0 Å². The Labute approximate surface area is 122 Å². The van der Waals surface area contributed by atoms with Gasteiger partial charge in [-0.25, -0.2) is 4.79 Å². The fourth-order valence-corrected chi connectivity index (χ4v) is 2.50. The molecular formula is C13H17NO6S. The van der Waals surface area contributed by atoms with Gasteiger partial charge in [-0.1, -0.05) is 31.5 Å². The number of nitrogens with one attached hydrogen (secondary N) is 1. The summed E-state index contributed by atoms with van der Waals surface area (Å²) in [4.78, 5) is 23.1. The molecule has 0 aliphatic rings. The second-order valence-corrected chi connectivity index (χ2v) is 6.02. The highest BCUT2D eigenvalue weighted by molar-refractivity contribution is 7.85. The van der Waals surface area contributed by atoms with Gasteiger partial charge in [0.05, 0.1) is 0 Å². The summed E-state index contributed by atoms with van der Waals surface area (Å²) >= 11 is 0. The Morgan fingerprint density at radius 1 is 1.29 bits per heavy atom. The second kappa shape index (κ2) is 7.19. The van der Waals surface area contributed by atoms with E-state index in [0.717, 1.165) is 12.0 Å². The highest BCUT2D eigenvalue weighted by Gasteiger charge is 2.26. The van der Waals surface area contributed by atoms with Gasteiger partial charge in [-0.3, -0.25) is 9.35 Å². The maximum atomic E-state index is 12.1. The van der Waals surface area contributed by atoms with Crippen LogP contribution in [0.3, 0.4) is 0 Å². The van der Waals surface area contributed by atoms with E-state index in [1.807, 2.05) is 6.92 Å². The first kappa shape index (κ1) is 17.1. The van der Waals surface area contributed by atoms with Gasteiger partial charge in [-0.2, -0.15) is 8.42 Å². The normalized spacial score (nSPS) is 12.7. The maximum absolute atomic E-state index is 12.1. The molecule has 0 heterocycles. The monoisotopic (exact) mass is 315 g/mol. The van der Waals surface area contributed by atoms with E-state index in [1.54, 1.807) is 18.2 Å². The SMILES string of the molecule is CCCc1ccccc1C(=O)NC(CS(=O)(=O)O)C(=O)O. The standard InChI is InChI=1S/C13H17NO6S/c1-2-5-9-6-3-4-7-10(9)12(15)14-11(13(16)17)8-21(18,19)20/h3-4,6-7,11H,2,5,8H2,1H3,(H,14,15)(H,16,17)(H,18,19,20). The number of carbonyl (C=O) groups is 2. The van der Waals surface area contributed by atoms with Gasteiger partial charge in [-0.05, 0) is 18.1 Å². The molecule has 0 bridgehead atoms. The van der Waals surface area contributed by atoms with Crippen LogP contribution in [0.25, 0.3) is 0 Å². The van der Waals surface area contributed by atoms with Crippen molar-refractivity contribution in [2.24, 2.45) is 0 Å². The minimum Gasteiger partial charge on any atom is -0.480 e. The van der Waals surface area contributed by atoms with Crippen LogP contribution in [-0.4, -0.2) is 41.7 Å². The average Bonchev–Trinajstić information content (AvgIpc) is 2.37. The predicted molar refractivity (Wildman–Crippen MR) is 75.7 cm³/mol. The van der Waals surface area contributed by atoms with E-state index in [2.05, 4.69) is 5.32 Å². The minimum atomic E-state index is -4.51. The average molecular weight is 315 g/mol. The third-order valence-corrected chi connectivity index (χ3v) is 3.52. The molecule has 0 fully saturated rings. The molecule has 0 spiro atoms. The molecule has 0 aliphatic heterocycles. The van der Waals surface area contributed by atoms with Crippen molar-refractivity contribution in [3.05, 3.63) is 35.4 Å². The van der Waals surface area contributed by atoms with Crippen LogP contribution in [0.2, 0.25) is 0 Å². The Balaban J connectivity index is 2.95. The summed E-state index contributed by atoms with van der Waals surface area (Å²) in [5, 5.41) is 11.0. The summed E-state index contributed by atoms with van der Waals surface area (Å²) in [5.41, 5.74) is 1.04. The molecule has 8 heteroatoms. The van der Waals surface area contributed by atoms with Crippen molar-refractivity contribution in [1.29, 1.82) is 0 Å². The van der Waals surface area contributed by atoms with E-state index in [-0.39, 0.29) is 0 Å². The maximum Gasteiger partial charge on any atom is 0.327 e. The van der Waals surface area contributed by atoms with E-state index in [0.29, 0.717) is 12.0 Å². The van der Waals surface area contributed by atoms with Crippen LogP contribution >= 0.6 is 0 Å². The summed E-state index contributed by atoms with van der Waals surface area (Å²) in [5.74, 6) is -3.30. The smallest absolute Gasteiger partial charge is 0.327 e. The van der Waals surface area contributed by atoms with Crippen LogP contribution in [0.5, 0.6) is 0 Å². The topological polar surface area (TPSA) is 121 Å². The fraction of sp³-hybridized carbons (Fsp3) is 0.385. The van der Waals surface area contributed by atoms with Crippen molar-refractivity contribution >= 4 is 22.0 Å². The highest BCUT2D eigenvalue weighted by Crippen LogP contribution is 2.11. The van der Waals surface area contributed by atoms with Crippen molar-refractivity contribution in [3.8, 4) is 0 Å². The quantitative estimate of drug-likeness (QED) is 0.637. The number of carboxylic acid groups (broad SMARTS) is 1. The van der Waals surface area contributed by atoms with E-state index < -0.39 is 33.8 Å². The molecule has 0 aliphatic carbocycles. The van der Waals surface area contributed by atoms with E-state index in [9.17, 15) is 18.0 Å². The molecule has 1 rings (SSSR count). The zero-order valence-corrected chi connectivity index (χ0v) is 12.3. The van der Waals surface area contributed by atoms with Gasteiger partial charge in [0.1, 0.15) is 11.8 Å². The number of carbonyl (C=O) groups excluding carboxylic acids is 1. The van der Waals surface area contributed by atoms with E-state index in [1.165, 1.54) is 6.07 Å². The van der Waals surface area contributed by atoms with Gasteiger partial charge < -0.3 is 10.4 Å². The number of carboxylic acids is 1. The first-order valence-corrected chi connectivity index (χ1v) is 7.92. The Bertz CT molecular complexity index is 625. The lowest BCUT2D eigenvalue weighted by molar-refractivity contribution is -0.138. The van der Waals surface area contributed by atoms with Gasteiger partial charge in [0.2, 0.25) is 0 Å². The third-order valence-electron chi connectivity index (χ3n) is 2.76. The second-order valence-electron chi connectivity index (χ2n) is 4.52. The summed E-state index contributed by atoms with van der Waals surface area (Å²) < 4.78 is 30.3. The van der Waals surface area contributed by atoms with Gasteiger partial charge in [0.25, 0.3) is 16.0 Å². The largest absolute Gasteiger partial charge is 0.480 e. The van der Waals surface area contributed by atoms with Crippen molar-refractivity contribution < 1.29 is 27.7 Å². The van der Waals surface area contributed by atoms with Crippen LogP contribution in [0.15, 0.2) is 24.3 Å². The molecule has 7 nitrogen and oxygen atoms in total. The molecule has 21 heavy (non-hydrogen) atoms. The Hall–Kier alpha value is -1.93. The van der Waals surface area contributed by atoms with Crippen LogP contribution in [0.4, 0.5) is 0 Å². The summed E-state index contributed by atoms with van der Waals surface area (Å²) in [6.45, 7) is 1.94. The summed E-state index contributed by atoms with van der Waals surface area (Å²) in [6, 6.07) is 4.97. The van der Waals surface area contributed by atoms with Crippen molar-refractivity contribution in [2.75, 3.05) is 5.75 Å². The number of hydrogen-bond acceptors (Lipinski definition) is 4. The van der Waals surface area contributed by atoms with Gasteiger partial charge in [0.15, 0.2) is 0 Å². The molecular weight excluding hydrogens is 298 g/mol. The van der Waals surface area contributed by atoms with Crippen molar-refractivity contribution in [3.63, 3.8) is 0 Å². The number of hydrogen-bond donors (Lipinski definition) is 3. The number of benzene rings is 1. The third kappa shape index (κ3) is 5.52. The zero-order valence-electron chi connectivity index (χ0n) is 11.4. The predicted octanol–water partition coefficient (Wildman–Crippen LogP) is 0.710. The number of aliphatic carboxylic acids is 1. The first-order valence-electron chi connectivity index (χ1n) is 6.31. The fourth-order valence-electron chi connectivity index (χ4n) is 1.85. The van der Waals surface area contributed by atoms with Crippen LogP contribution < -0.4 is 5.32 Å². The highest BCUT2D eigenvalue weighted by atomic mass is 32.2. The molecule has 1 aromatic rings. The summed E-state index contributed by atoms with van der Waals surface area (Å²) in [6.07, 6.45) is 1.44. The number of aryl methyl sites for hydroxylation is 1. The molecule has 3 N–H and O–H groups in total. The van der Waals surface area contributed by atoms with Crippen molar-refractivity contribution in [2.45, 2.75) is 25.8 Å². The van der Waals surface area contributed by atoms with Crippen LogP contribution in [0.1, 0.15) is 29.3 Å². The Kier molecular flexibility index (Phi) is 5.86. The lowest BCUT2D eigenvalue weighted by atomic mass is 10.0.